The van der Waals surface area contributed by atoms with Gasteiger partial charge in [0.15, 0.2) is 0 Å². The molecule has 0 amide bonds. The lowest BCUT2D eigenvalue weighted by molar-refractivity contribution is 0.340. The molecule has 0 bridgehead atoms. The highest BCUT2D eigenvalue weighted by molar-refractivity contribution is 7.07. The average molecular weight is 452 g/mol. The van der Waals surface area contributed by atoms with Crippen molar-refractivity contribution >= 4 is 34.8 Å². The number of halogens is 1. The Morgan fingerprint density at radius 3 is 2.55 bits per heavy atom. The van der Waals surface area contributed by atoms with Crippen molar-refractivity contribution in [2.45, 2.75) is 20.8 Å². The zero-order valence-electron chi connectivity index (χ0n) is 17.5. The Kier molecular flexibility index (Phi) is 6.34. The third-order valence-corrected chi connectivity index (χ3v) is 5.87. The Morgan fingerprint density at radius 2 is 1.84 bits per heavy atom. The van der Waals surface area contributed by atoms with E-state index in [0.717, 1.165) is 38.9 Å². The van der Waals surface area contributed by atoms with Crippen LogP contribution in [-0.4, -0.2) is 27.3 Å². The molecule has 0 saturated carbocycles. The summed E-state index contributed by atoms with van der Waals surface area (Å²) in [6.45, 7) is 6.51. The number of benzene rings is 2. The number of hydrogen-bond donors (Lipinski definition) is 0. The zero-order valence-corrected chi connectivity index (χ0v) is 19.1. The molecule has 0 radical (unpaired) electrons. The van der Waals surface area contributed by atoms with Crippen LogP contribution in [-0.2, 0) is 0 Å². The maximum atomic E-state index is 6.62. The van der Waals surface area contributed by atoms with E-state index in [1.807, 2.05) is 80.7 Å². The van der Waals surface area contributed by atoms with Gasteiger partial charge in [-0.25, -0.2) is 14.4 Å². The molecule has 2 aromatic heterocycles. The van der Waals surface area contributed by atoms with Gasteiger partial charge in [-0.05, 0) is 57.2 Å². The molecule has 2 heterocycles. The first kappa shape index (κ1) is 21.1. The molecule has 31 heavy (non-hydrogen) atoms. The number of thiazole rings is 1. The van der Waals surface area contributed by atoms with E-state index in [1.54, 1.807) is 15.6 Å². The van der Waals surface area contributed by atoms with Crippen LogP contribution in [0.15, 0.2) is 70.1 Å². The van der Waals surface area contributed by atoms with Gasteiger partial charge in [0.2, 0.25) is 4.80 Å². The molecule has 0 aliphatic carbocycles. The molecule has 0 fully saturated rings. The molecule has 158 valence electrons. The number of ether oxygens (including phenoxy) is 1. The van der Waals surface area contributed by atoms with Gasteiger partial charge < -0.3 is 4.74 Å². The molecule has 0 N–H and O–H groups in total. The maximum absolute atomic E-state index is 6.62. The van der Waals surface area contributed by atoms with Gasteiger partial charge in [-0.15, -0.1) is 11.3 Å². The standard InChI is InChI=1S/C23H22ClN5OS/c1-4-30-20-12-10-18(11-13-20)26-23-28(16(2)15-31-23)25-14-21-17(3)27-29(22(21)24)19-8-6-5-7-9-19/h5-15H,4H2,1-3H3. The van der Waals surface area contributed by atoms with E-state index in [1.165, 1.54) is 11.3 Å². The summed E-state index contributed by atoms with van der Waals surface area (Å²) in [5.41, 5.74) is 4.29. The SMILES string of the molecule is CCOc1ccc(N=c2scc(C)n2N=Cc2c(C)nn(-c3ccccc3)c2Cl)cc1. The van der Waals surface area contributed by atoms with E-state index >= 15 is 0 Å². The van der Waals surface area contributed by atoms with Crippen LogP contribution in [0.3, 0.4) is 0 Å². The quantitative estimate of drug-likeness (QED) is 0.362. The highest BCUT2D eigenvalue weighted by Gasteiger charge is 2.13. The number of aryl methyl sites for hydroxylation is 2. The van der Waals surface area contributed by atoms with Gasteiger partial charge in [0.25, 0.3) is 0 Å². The second kappa shape index (κ2) is 9.32. The van der Waals surface area contributed by atoms with E-state index < -0.39 is 0 Å². The van der Waals surface area contributed by atoms with Crippen LogP contribution >= 0.6 is 22.9 Å². The molecular weight excluding hydrogens is 430 g/mol. The lowest BCUT2D eigenvalue weighted by Crippen LogP contribution is -2.11. The van der Waals surface area contributed by atoms with Gasteiger partial charge in [-0.1, -0.05) is 29.8 Å². The van der Waals surface area contributed by atoms with Gasteiger partial charge in [0, 0.05) is 5.38 Å². The number of para-hydroxylation sites is 1. The first-order valence-corrected chi connectivity index (χ1v) is 11.1. The van der Waals surface area contributed by atoms with Crippen LogP contribution in [0.5, 0.6) is 5.75 Å². The summed E-state index contributed by atoms with van der Waals surface area (Å²) in [6.07, 6.45) is 1.74. The van der Waals surface area contributed by atoms with Gasteiger partial charge in [0.05, 0.1) is 41.1 Å². The van der Waals surface area contributed by atoms with Crippen molar-refractivity contribution < 1.29 is 4.74 Å². The Hall–Kier alpha value is -3.16. The van der Waals surface area contributed by atoms with Crippen LogP contribution in [0, 0.1) is 13.8 Å². The molecule has 0 unspecified atom stereocenters. The molecule has 0 saturated heterocycles. The van der Waals surface area contributed by atoms with Crippen LogP contribution in [0.25, 0.3) is 5.69 Å². The molecular formula is C23H22ClN5OS. The lowest BCUT2D eigenvalue weighted by atomic mass is 10.3. The van der Waals surface area contributed by atoms with Crippen molar-refractivity contribution in [3.05, 3.63) is 86.9 Å². The Labute approximate surface area is 189 Å². The number of hydrogen-bond acceptors (Lipinski definition) is 5. The Morgan fingerprint density at radius 1 is 1.10 bits per heavy atom. The summed E-state index contributed by atoms with van der Waals surface area (Å²) in [7, 11) is 0. The van der Waals surface area contributed by atoms with Gasteiger partial charge >= 0.3 is 0 Å². The smallest absolute Gasteiger partial charge is 0.211 e. The minimum atomic E-state index is 0.519. The van der Waals surface area contributed by atoms with Crippen molar-refractivity contribution in [2.75, 3.05) is 6.61 Å². The lowest BCUT2D eigenvalue weighted by Gasteiger charge is -2.02. The molecule has 6 nitrogen and oxygen atoms in total. The average Bonchev–Trinajstić information content (AvgIpc) is 3.27. The summed E-state index contributed by atoms with van der Waals surface area (Å²) < 4.78 is 9.01. The zero-order chi connectivity index (χ0) is 21.8. The third kappa shape index (κ3) is 4.62. The first-order chi connectivity index (χ1) is 15.1. The fourth-order valence-corrected chi connectivity index (χ4v) is 4.16. The normalized spacial score (nSPS) is 12.1. The van der Waals surface area contributed by atoms with Crippen LogP contribution in [0.4, 0.5) is 5.69 Å². The summed E-state index contributed by atoms with van der Waals surface area (Å²) in [5, 5.41) is 11.8. The minimum Gasteiger partial charge on any atom is -0.494 e. The van der Waals surface area contributed by atoms with Gasteiger partial charge in [-0.2, -0.15) is 10.2 Å². The third-order valence-electron chi connectivity index (χ3n) is 4.57. The van der Waals surface area contributed by atoms with Crippen LogP contribution in [0.1, 0.15) is 23.9 Å². The second-order valence-electron chi connectivity index (χ2n) is 6.79. The number of aromatic nitrogens is 3. The van der Waals surface area contributed by atoms with E-state index in [0.29, 0.717) is 11.8 Å². The van der Waals surface area contributed by atoms with E-state index in [4.69, 9.17) is 21.3 Å². The topological polar surface area (TPSA) is 56.7 Å². The van der Waals surface area contributed by atoms with Crippen LogP contribution in [0.2, 0.25) is 5.15 Å². The van der Waals surface area contributed by atoms with Gasteiger partial charge in [-0.3, -0.25) is 0 Å². The molecule has 4 aromatic rings. The summed E-state index contributed by atoms with van der Waals surface area (Å²) >= 11 is 8.15. The van der Waals surface area contributed by atoms with Crippen molar-refractivity contribution in [2.24, 2.45) is 10.1 Å². The molecule has 0 aliphatic rings. The molecule has 8 heteroatoms. The predicted octanol–water partition coefficient (Wildman–Crippen LogP) is 5.52. The van der Waals surface area contributed by atoms with Crippen molar-refractivity contribution in [3.63, 3.8) is 0 Å². The predicted molar refractivity (Wildman–Crippen MR) is 126 cm³/mol. The highest BCUT2D eigenvalue weighted by atomic mass is 35.5. The Bertz CT molecular complexity index is 1270. The molecule has 0 atom stereocenters. The monoisotopic (exact) mass is 451 g/mol. The van der Waals surface area contributed by atoms with E-state index in [-0.39, 0.29) is 0 Å². The maximum Gasteiger partial charge on any atom is 0.211 e. The molecule has 2 aromatic carbocycles. The van der Waals surface area contributed by atoms with E-state index in [2.05, 4.69) is 10.2 Å². The highest BCUT2D eigenvalue weighted by Crippen LogP contribution is 2.22. The van der Waals surface area contributed by atoms with Crippen molar-refractivity contribution in [1.82, 2.24) is 14.5 Å². The van der Waals surface area contributed by atoms with Crippen molar-refractivity contribution in [1.29, 1.82) is 0 Å². The molecule has 0 spiro atoms. The number of rotatable bonds is 6. The van der Waals surface area contributed by atoms with Crippen molar-refractivity contribution in [3.8, 4) is 11.4 Å². The first-order valence-electron chi connectivity index (χ1n) is 9.86. The number of nitrogens with zero attached hydrogens (tertiary/aromatic N) is 5. The van der Waals surface area contributed by atoms with E-state index in [9.17, 15) is 0 Å². The largest absolute Gasteiger partial charge is 0.494 e. The summed E-state index contributed by atoms with van der Waals surface area (Å²) in [4.78, 5) is 5.50. The molecule has 0 aliphatic heterocycles. The fourth-order valence-electron chi connectivity index (χ4n) is 3.01. The second-order valence-corrected chi connectivity index (χ2v) is 7.99. The summed E-state index contributed by atoms with van der Waals surface area (Å²) in [6, 6.07) is 17.5. The minimum absolute atomic E-state index is 0.519. The Balaban J connectivity index is 1.67. The summed E-state index contributed by atoms with van der Waals surface area (Å²) in [5.74, 6) is 0.829. The fraction of sp³-hybridized carbons (Fsp3) is 0.174. The van der Waals surface area contributed by atoms with Crippen LogP contribution < -0.4 is 9.54 Å². The molecule has 4 rings (SSSR count). The van der Waals surface area contributed by atoms with Gasteiger partial charge in [0.1, 0.15) is 10.9 Å².